The first-order valence-corrected chi connectivity index (χ1v) is 8.10. The molecule has 25 heavy (non-hydrogen) atoms. The summed E-state index contributed by atoms with van der Waals surface area (Å²) in [7, 11) is 0. The number of hydrogen-bond donors (Lipinski definition) is 1. The van der Waals surface area contributed by atoms with E-state index in [-0.39, 0.29) is 28.1 Å². The summed E-state index contributed by atoms with van der Waals surface area (Å²) in [4.78, 5) is 13.3. The first-order chi connectivity index (χ1) is 11.8. The van der Waals surface area contributed by atoms with Crippen molar-refractivity contribution in [1.82, 2.24) is 4.57 Å². The third kappa shape index (κ3) is 3.20. The van der Waals surface area contributed by atoms with Crippen LogP contribution in [0.4, 0.5) is 4.39 Å². The van der Waals surface area contributed by atoms with Gasteiger partial charge in [0, 0.05) is 22.9 Å². The van der Waals surface area contributed by atoms with E-state index in [4.69, 9.17) is 0 Å². The van der Waals surface area contributed by atoms with E-state index in [2.05, 4.69) is 0 Å². The smallest absolute Gasteiger partial charge is 0.266 e. The quantitative estimate of drug-likeness (QED) is 0.740. The molecule has 3 rings (SSSR count). The van der Waals surface area contributed by atoms with Gasteiger partial charge in [0.1, 0.15) is 11.6 Å². The molecule has 0 fully saturated rings. The highest BCUT2D eigenvalue weighted by atomic mass is 19.1. The first-order valence-electron chi connectivity index (χ1n) is 8.10. The molecule has 2 aromatic carbocycles. The Hall–Kier alpha value is -2.88. The van der Waals surface area contributed by atoms with Gasteiger partial charge in [-0.1, -0.05) is 51.1 Å². The van der Waals surface area contributed by atoms with E-state index in [0.29, 0.717) is 16.9 Å². The van der Waals surface area contributed by atoms with Crippen molar-refractivity contribution in [3.05, 3.63) is 82.5 Å². The van der Waals surface area contributed by atoms with E-state index >= 15 is 0 Å². The molecule has 1 heterocycles. The number of nitrogens with zero attached hydrogens (tertiary/aromatic N) is 1. The van der Waals surface area contributed by atoms with Crippen LogP contribution in [0, 0.1) is 5.82 Å². The average molecular weight is 337 g/mol. The Labute approximate surface area is 146 Å². The first kappa shape index (κ1) is 17.0. The van der Waals surface area contributed by atoms with Crippen molar-refractivity contribution in [1.29, 1.82) is 0 Å². The standard InChI is InChI=1S/C21H20FNO2/c1-21(2,3)18-13-17(24)19(14-7-5-4-6-8-14)20(25)23(18)16-11-9-15(22)10-12-16/h4-13,24H,1-3H3. The lowest BCUT2D eigenvalue weighted by Crippen LogP contribution is -2.29. The molecule has 0 radical (unpaired) electrons. The van der Waals surface area contributed by atoms with Gasteiger partial charge in [0.05, 0.1) is 5.56 Å². The lowest BCUT2D eigenvalue weighted by Gasteiger charge is -2.25. The molecule has 0 amide bonds. The van der Waals surface area contributed by atoms with Crippen LogP contribution in [0.15, 0.2) is 65.5 Å². The van der Waals surface area contributed by atoms with Gasteiger partial charge in [-0.3, -0.25) is 9.36 Å². The average Bonchev–Trinajstić information content (AvgIpc) is 2.56. The summed E-state index contributed by atoms with van der Waals surface area (Å²) in [6, 6.07) is 16.4. The topological polar surface area (TPSA) is 42.2 Å². The minimum Gasteiger partial charge on any atom is -0.507 e. The zero-order valence-corrected chi connectivity index (χ0v) is 14.5. The monoisotopic (exact) mass is 337 g/mol. The Morgan fingerprint density at radius 3 is 2.12 bits per heavy atom. The summed E-state index contributed by atoms with van der Waals surface area (Å²) in [5.74, 6) is -0.421. The third-order valence-electron chi connectivity index (χ3n) is 4.10. The van der Waals surface area contributed by atoms with E-state index in [1.165, 1.54) is 12.1 Å². The molecule has 0 saturated carbocycles. The summed E-state index contributed by atoms with van der Waals surface area (Å²) in [5.41, 5.74) is 1.37. The summed E-state index contributed by atoms with van der Waals surface area (Å²) in [5, 5.41) is 10.5. The molecule has 0 spiro atoms. The summed E-state index contributed by atoms with van der Waals surface area (Å²) >= 11 is 0. The summed E-state index contributed by atoms with van der Waals surface area (Å²) in [6.45, 7) is 5.89. The zero-order chi connectivity index (χ0) is 18.2. The molecule has 0 saturated heterocycles. The number of rotatable bonds is 2. The second-order valence-electron chi connectivity index (χ2n) is 7.02. The molecular weight excluding hydrogens is 317 g/mol. The van der Waals surface area contributed by atoms with E-state index in [1.807, 2.05) is 39.0 Å². The van der Waals surface area contributed by atoms with Crippen LogP contribution in [0.5, 0.6) is 5.75 Å². The van der Waals surface area contributed by atoms with Gasteiger partial charge in [0.2, 0.25) is 0 Å². The molecule has 3 aromatic rings. The number of halogens is 1. The van der Waals surface area contributed by atoms with Crippen molar-refractivity contribution < 1.29 is 9.50 Å². The molecule has 0 bridgehead atoms. The van der Waals surface area contributed by atoms with Crippen LogP contribution in [0.2, 0.25) is 0 Å². The Morgan fingerprint density at radius 2 is 1.56 bits per heavy atom. The van der Waals surface area contributed by atoms with Crippen LogP contribution in [0.1, 0.15) is 26.5 Å². The van der Waals surface area contributed by atoms with Crippen molar-refractivity contribution >= 4 is 0 Å². The zero-order valence-electron chi connectivity index (χ0n) is 14.5. The van der Waals surface area contributed by atoms with Crippen LogP contribution < -0.4 is 5.56 Å². The van der Waals surface area contributed by atoms with Gasteiger partial charge >= 0.3 is 0 Å². The molecule has 4 heteroatoms. The molecule has 0 aliphatic heterocycles. The number of aromatic nitrogens is 1. The van der Waals surface area contributed by atoms with E-state index in [1.54, 1.807) is 34.9 Å². The fourth-order valence-corrected chi connectivity index (χ4v) is 2.87. The Balaban J connectivity index is 2.38. The molecule has 0 unspecified atom stereocenters. The van der Waals surface area contributed by atoms with Gasteiger partial charge in [-0.15, -0.1) is 0 Å². The number of hydrogen-bond acceptors (Lipinski definition) is 2. The van der Waals surface area contributed by atoms with Gasteiger partial charge in [0.25, 0.3) is 5.56 Å². The summed E-state index contributed by atoms with van der Waals surface area (Å²) in [6.07, 6.45) is 0. The Bertz CT molecular complexity index is 952. The van der Waals surface area contributed by atoms with Gasteiger partial charge in [-0.2, -0.15) is 0 Å². The third-order valence-corrected chi connectivity index (χ3v) is 4.10. The fraction of sp³-hybridized carbons (Fsp3) is 0.190. The van der Waals surface area contributed by atoms with Crippen LogP contribution >= 0.6 is 0 Å². The maximum Gasteiger partial charge on any atom is 0.266 e. The lowest BCUT2D eigenvalue weighted by atomic mass is 9.89. The van der Waals surface area contributed by atoms with Crippen LogP contribution in [0.3, 0.4) is 0 Å². The van der Waals surface area contributed by atoms with Gasteiger partial charge in [0.15, 0.2) is 0 Å². The minimum absolute atomic E-state index is 0.0560. The van der Waals surface area contributed by atoms with Crippen molar-refractivity contribution in [2.24, 2.45) is 0 Å². The largest absolute Gasteiger partial charge is 0.507 e. The highest BCUT2D eigenvalue weighted by Crippen LogP contribution is 2.32. The van der Waals surface area contributed by atoms with Crippen molar-refractivity contribution in [3.8, 4) is 22.6 Å². The van der Waals surface area contributed by atoms with Gasteiger partial charge in [-0.25, -0.2) is 4.39 Å². The predicted molar refractivity (Wildman–Crippen MR) is 97.8 cm³/mol. The Morgan fingerprint density at radius 1 is 0.960 bits per heavy atom. The highest BCUT2D eigenvalue weighted by Gasteiger charge is 2.24. The Kier molecular flexibility index (Phi) is 4.21. The number of benzene rings is 2. The van der Waals surface area contributed by atoms with Gasteiger partial charge < -0.3 is 5.11 Å². The molecule has 1 N–H and O–H groups in total. The SMILES string of the molecule is CC(C)(C)c1cc(O)c(-c2ccccc2)c(=O)n1-c1ccc(F)cc1. The van der Waals surface area contributed by atoms with Crippen molar-refractivity contribution in [3.63, 3.8) is 0 Å². The normalized spacial score (nSPS) is 11.5. The van der Waals surface area contributed by atoms with E-state index in [9.17, 15) is 14.3 Å². The predicted octanol–water partition coefficient (Wildman–Crippen LogP) is 4.65. The summed E-state index contributed by atoms with van der Waals surface area (Å²) < 4.78 is 14.9. The van der Waals surface area contributed by atoms with Gasteiger partial charge in [-0.05, 0) is 29.8 Å². The number of pyridine rings is 1. The van der Waals surface area contributed by atoms with Crippen LogP contribution in [0.25, 0.3) is 16.8 Å². The molecular formula is C21H20FNO2. The minimum atomic E-state index is -0.389. The molecule has 0 aliphatic carbocycles. The fourth-order valence-electron chi connectivity index (χ4n) is 2.87. The van der Waals surface area contributed by atoms with Crippen molar-refractivity contribution in [2.75, 3.05) is 0 Å². The molecule has 3 nitrogen and oxygen atoms in total. The maximum absolute atomic E-state index is 13.3. The second kappa shape index (κ2) is 6.20. The van der Waals surface area contributed by atoms with E-state index in [0.717, 1.165) is 0 Å². The van der Waals surface area contributed by atoms with Crippen molar-refractivity contribution in [2.45, 2.75) is 26.2 Å². The van der Waals surface area contributed by atoms with Crippen LogP contribution in [-0.4, -0.2) is 9.67 Å². The molecule has 0 aliphatic rings. The highest BCUT2D eigenvalue weighted by molar-refractivity contribution is 5.70. The molecule has 0 atom stereocenters. The molecule has 1 aromatic heterocycles. The van der Waals surface area contributed by atoms with E-state index < -0.39 is 0 Å². The number of aromatic hydroxyl groups is 1. The second-order valence-corrected chi connectivity index (χ2v) is 7.02. The lowest BCUT2D eigenvalue weighted by molar-refractivity contribution is 0.465. The maximum atomic E-state index is 13.3. The van der Waals surface area contributed by atoms with Crippen LogP contribution in [-0.2, 0) is 5.41 Å². The molecule has 128 valence electrons.